The summed E-state index contributed by atoms with van der Waals surface area (Å²) >= 11 is 0. The second-order valence-corrected chi connectivity index (χ2v) is 8.46. The lowest BCUT2D eigenvalue weighted by atomic mass is 10.0. The van der Waals surface area contributed by atoms with Crippen LogP contribution in [0.4, 0.5) is 0 Å². The molecule has 0 heterocycles. The smallest absolute Gasteiger partial charge is 0.0569 e. The minimum atomic E-state index is 0.216. The van der Waals surface area contributed by atoms with Gasteiger partial charge in [-0.15, -0.1) is 0 Å². The molecular formula is C24H53N3. The summed E-state index contributed by atoms with van der Waals surface area (Å²) in [5, 5.41) is 0. The zero-order chi connectivity index (χ0) is 20.0. The van der Waals surface area contributed by atoms with E-state index in [1.807, 2.05) is 0 Å². The highest BCUT2D eigenvalue weighted by Gasteiger charge is 2.10. The van der Waals surface area contributed by atoms with E-state index in [4.69, 9.17) is 11.5 Å². The lowest BCUT2D eigenvalue weighted by Gasteiger charge is -2.28. The van der Waals surface area contributed by atoms with Gasteiger partial charge >= 0.3 is 0 Å². The minimum Gasteiger partial charge on any atom is -0.330 e. The molecule has 27 heavy (non-hydrogen) atoms. The predicted molar refractivity (Wildman–Crippen MR) is 123 cm³/mol. The molecule has 0 fully saturated rings. The molecular weight excluding hydrogens is 330 g/mol. The molecule has 0 amide bonds. The van der Waals surface area contributed by atoms with Crippen LogP contribution < -0.4 is 11.5 Å². The van der Waals surface area contributed by atoms with E-state index in [2.05, 4.69) is 18.7 Å². The van der Waals surface area contributed by atoms with Crippen molar-refractivity contribution < 1.29 is 0 Å². The van der Waals surface area contributed by atoms with Gasteiger partial charge in [0.05, 0.1) is 6.17 Å². The molecule has 0 saturated heterocycles. The Morgan fingerprint density at radius 1 is 0.556 bits per heavy atom. The van der Waals surface area contributed by atoms with E-state index < -0.39 is 0 Å². The van der Waals surface area contributed by atoms with E-state index in [9.17, 15) is 0 Å². The summed E-state index contributed by atoms with van der Waals surface area (Å²) in [5.41, 5.74) is 11.9. The highest BCUT2D eigenvalue weighted by molar-refractivity contribution is 4.65. The second-order valence-electron chi connectivity index (χ2n) is 8.46. The summed E-state index contributed by atoms with van der Waals surface area (Å²) < 4.78 is 0. The number of rotatable bonds is 22. The third-order valence-electron chi connectivity index (χ3n) is 5.84. The van der Waals surface area contributed by atoms with Crippen molar-refractivity contribution in [2.24, 2.45) is 11.5 Å². The molecule has 1 atom stereocenters. The van der Waals surface area contributed by atoms with Crippen molar-refractivity contribution in [3.63, 3.8) is 0 Å². The van der Waals surface area contributed by atoms with Crippen LogP contribution in [0.15, 0.2) is 0 Å². The Labute approximate surface area is 172 Å². The molecule has 164 valence electrons. The van der Waals surface area contributed by atoms with Gasteiger partial charge in [0.25, 0.3) is 0 Å². The Bertz CT molecular complexity index is 270. The van der Waals surface area contributed by atoms with E-state index in [1.165, 1.54) is 103 Å². The Balaban J connectivity index is 3.30. The molecule has 4 N–H and O–H groups in total. The van der Waals surface area contributed by atoms with Gasteiger partial charge < -0.3 is 11.5 Å². The number of nitrogens with two attached hydrogens (primary N) is 2. The van der Waals surface area contributed by atoms with Crippen LogP contribution in [0, 0.1) is 0 Å². The summed E-state index contributed by atoms with van der Waals surface area (Å²) in [7, 11) is 0. The Morgan fingerprint density at radius 3 is 1.30 bits per heavy atom. The maximum atomic E-state index is 6.21. The second kappa shape index (κ2) is 22.2. The van der Waals surface area contributed by atoms with Crippen molar-refractivity contribution in [1.29, 1.82) is 0 Å². The molecule has 3 nitrogen and oxygen atoms in total. The topological polar surface area (TPSA) is 55.3 Å². The molecule has 0 aliphatic rings. The Kier molecular flexibility index (Phi) is 22.1. The maximum Gasteiger partial charge on any atom is 0.0569 e. The Hall–Kier alpha value is -0.120. The van der Waals surface area contributed by atoms with Crippen LogP contribution in [0.5, 0.6) is 0 Å². The van der Waals surface area contributed by atoms with Crippen LogP contribution in [0.2, 0.25) is 0 Å². The first kappa shape index (κ1) is 26.9. The zero-order valence-electron chi connectivity index (χ0n) is 19.0. The fraction of sp³-hybridized carbons (Fsp3) is 1.00. The predicted octanol–water partition coefficient (Wildman–Crippen LogP) is 6.59. The molecule has 0 saturated carbocycles. The van der Waals surface area contributed by atoms with Gasteiger partial charge in [0, 0.05) is 6.54 Å². The SMILES string of the molecule is CCCCCCCCCCCCCCCCCCN(CCCN)C(N)CC. The van der Waals surface area contributed by atoms with Crippen LogP contribution in [0.1, 0.15) is 129 Å². The van der Waals surface area contributed by atoms with Crippen molar-refractivity contribution in [2.75, 3.05) is 19.6 Å². The van der Waals surface area contributed by atoms with Crippen LogP contribution in [-0.2, 0) is 0 Å². The van der Waals surface area contributed by atoms with Gasteiger partial charge in [-0.1, -0.05) is 110 Å². The van der Waals surface area contributed by atoms with Gasteiger partial charge in [0.1, 0.15) is 0 Å². The highest BCUT2D eigenvalue weighted by atomic mass is 15.2. The normalized spacial score (nSPS) is 12.8. The van der Waals surface area contributed by atoms with Crippen molar-refractivity contribution in [3.05, 3.63) is 0 Å². The minimum absolute atomic E-state index is 0.216. The fourth-order valence-corrected chi connectivity index (χ4v) is 3.86. The van der Waals surface area contributed by atoms with E-state index in [0.29, 0.717) is 0 Å². The summed E-state index contributed by atoms with van der Waals surface area (Å²) in [6.45, 7) is 7.44. The number of unbranched alkanes of at least 4 members (excludes halogenated alkanes) is 15. The number of hydrogen-bond donors (Lipinski definition) is 2. The maximum absolute atomic E-state index is 6.21. The molecule has 0 spiro atoms. The molecule has 3 heteroatoms. The zero-order valence-corrected chi connectivity index (χ0v) is 19.0. The van der Waals surface area contributed by atoms with Crippen molar-refractivity contribution in [3.8, 4) is 0 Å². The molecule has 0 aliphatic carbocycles. The first-order valence-electron chi connectivity index (χ1n) is 12.5. The largest absolute Gasteiger partial charge is 0.330 e. The number of nitrogens with zero attached hydrogens (tertiary/aromatic N) is 1. The molecule has 0 radical (unpaired) electrons. The van der Waals surface area contributed by atoms with Crippen LogP contribution >= 0.6 is 0 Å². The molecule has 0 aromatic carbocycles. The average molecular weight is 384 g/mol. The Morgan fingerprint density at radius 2 is 0.926 bits per heavy atom. The van der Waals surface area contributed by atoms with E-state index >= 15 is 0 Å². The van der Waals surface area contributed by atoms with Gasteiger partial charge in [-0.05, 0) is 32.4 Å². The summed E-state index contributed by atoms with van der Waals surface area (Å²) in [5.74, 6) is 0. The van der Waals surface area contributed by atoms with Gasteiger partial charge in [-0.25, -0.2) is 0 Å². The van der Waals surface area contributed by atoms with Crippen LogP contribution in [-0.4, -0.2) is 30.7 Å². The average Bonchev–Trinajstić information content (AvgIpc) is 2.69. The molecule has 0 rings (SSSR count). The lowest BCUT2D eigenvalue weighted by molar-refractivity contribution is 0.189. The van der Waals surface area contributed by atoms with Crippen molar-refractivity contribution in [2.45, 2.75) is 136 Å². The lowest BCUT2D eigenvalue weighted by Crippen LogP contribution is -2.43. The number of hydrogen-bond acceptors (Lipinski definition) is 3. The van der Waals surface area contributed by atoms with E-state index in [1.54, 1.807) is 0 Å². The first-order chi connectivity index (χ1) is 13.3. The summed E-state index contributed by atoms with van der Waals surface area (Å²) in [4.78, 5) is 2.43. The van der Waals surface area contributed by atoms with Gasteiger partial charge in [-0.3, -0.25) is 4.90 Å². The van der Waals surface area contributed by atoms with Crippen LogP contribution in [0.3, 0.4) is 0 Å². The molecule has 0 aliphatic heterocycles. The first-order valence-corrected chi connectivity index (χ1v) is 12.5. The van der Waals surface area contributed by atoms with E-state index in [0.717, 1.165) is 32.5 Å². The third kappa shape index (κ3) is 19.0. The van der Waals surface area contributed by atoms with Gasteiger partial charge in [0.2, 0.25) is 0 Å². The molecule has 0 aromatic heterocycles. The van der Waals surface area contributed by atoms with Gasteiger partial charge in [-0.2, -0.15) is 0 Å². The summed E-state index contributed by atoms with van der Waals surface area (Å²) in [6, 6.07) is 0. The highest BCUT2D eigenvalue weighted by Crippen LogP contribution is 2.14. The quantitative estimate of drug-likeness (QED) is 0.164. The van der Waals surface area contributed by atoms with Gasteiger partial charge in [0.15, 0.2) is 0 Å². The molecule has 0 aromatic rings. The standard InChI is InChI=1S/C24H53N3/c1-3-5-6-7-8-9-10-11-12-13-14-15-16-17-18-19-22-27(23-20-21-25)24(26)4-2/h24H,3-23,25-26H2,1-2H3. The van der Waals surface area contributed by atoms with Crippen LogP contribution in [0.25, 0.3) is 0 Å². The molecule has 0 bridgehead atoms. The summed E-state index contributed by atoms with van der Waals surface area (Å²) in [6.07, 6.45) is 25.1. The van der Waals surface area contributed by atoms with E-state index in [-0.39, 0.29) is 6.17 Å². The third-order valence-corrected chi connectivity index (χ3v) is 5.84. The fourth-order valence-electron chi connectivity index (χ4n) is 3.86. The van der Waals surface area contributed by atoms with Crippen molar-refractivity contribution >= 4 is 0 Å². The van der Waals surface area contributed by atoms with Crippen molar-refractivity contribution in [1.82, 2.24) is 4.90 Å². The molecule has 1 unspecified atom stereocenters. The monoisotopic (exact) mass is 383 g/mol.